The maximum Gasteiger partial charge on any atom is 0.191 e. The van der Waals surface area contributed by atoms with Crippen molar-refractivity contribution in [3.8, 4) is 0 Å². The Kier molecular flexibility index (Phi) is 8.31. The number of rotatable bonds is 9. The lowest BCUT2D eigenvalue weighted by atomic mass is 10.0. The van der Waals surface area contributed by atoms with Crippen molar-refractivity contribution in [2.45, 2.75) is 65.3 Å². The van der Waals surface area contributed by atoms with Crippen LogP contribution < -0.4 is 10.6 Å². The fourth-order valence-corrected chi connectivity index (χ4v) is 3.21. The number of aliphatic imine (C=N–C) groups is 1. The van der Waals surface area contributed by atoms with Crippen LogP contribution in [0.2, 0.25) is 0 Å². The van der Waals surface area contributed by atoms with Gasteiger partial charge in [-0.15, -0.1) is 0 Å². The van der Waals surface area contributed by atoms with Gasteiger partial charge in [-0.25, -0.2) is 9.67 Å². The summed E-state index contributed by atoms with van der Waals surface area (Å²) in [6.45, 7) is 9.28. The van der Waals surface area contributed by atoms with Crippen LogP contribution in [0.4, 0.5) is 0 Å². The van der Waals surface area contributed by atoms with Gasteiger partial charge in [0, 0.05) is 39.8 Å². The fourth-order valence-electron chi connectivity index (χ4n) is 3.21. The van der Waals surface area contributed by atoms with E-state index in [0.29, 0.717) is 18.6 Å². The average Bonchev–Trinajstić information content (AvgIpc) is 3.01. The molecule has 0 spiro atoms. The molecule has 2 heterocycles. The smallest absolute Gasteiger partial charge is 0.191 e. The summed E-state index contributed by atoms with van der Waals surface area (Å²) in [6, 6.07) is 0.290. The first-order chi connectivity index (χ1) is 12.6. The van der Waals surface area contributed by atoms with Crippen LogP contribution in [-0.4, -0.2) is 60.2 Å². The van der Waals surface area contributed by atoms with Gasteiger partial charge < -0.3 is 20.1 Å². The molecular weight excluding hydrogens is 332 g/mol. The monoisotopic (exact) mass is 366 g/mol. The van der Waals surface area contributed by atoms with Gasteiger partial charge in [0.25, 0.3) is 0 Å². The molecule has 0 radical (unpaired) electrons. The molecule has 0 aromatic carbocycles. The molecule has 8 nitrogen and oxygen atoms in total. The van der Waals surface area contributed by atoms with Gasteiger partial charge in [0.1, 0.15) is 12.4 Å². The molecule has 2 unspecified atom stereocenters. The third kappa shape index (κ3) is 5.95. The zero-order valence-corrected chi connectivity index (χ0v) is 16.8. The first-order valence-corrected chi connectivity index (χ1v) is 9.57. The summed E-state index contributed by atoms with van der Waals surface area (Å²) in [5.74, 6) is 3.13. The molecule has 2 rings (SSSR count). The Balaban J connectivity index is 1.81. The highest BCUT2D eigenvalue weighted by Crippen LogP contribution is 2.13. The SMILES string of the molecule is CCOC(CCNC(=NC)NC1CCc2nc(COC)nn2C1)C(C)C. The minimum atomic E-state index is 0.275. The number of hydrogen-bond donors (Lipinski definition) is 2. The molecule has 26 heavy (non-hydrogen) atoms. The molecule has 0 fully saturated rings. The lowest BCUT2D eigenvalue weighted by Gasteiger charge is -2.26. The topological polar surface area (TPSA) is 85.6 Å². The fraction of sp³-hybridized carbons (Fsp3) is 0.833. The van der Waals surface area contributed by atoms with Crippen LogP contribution in [0.3, 0.4) is 0 Å². The summed E-state index contributed by atoms with van der Waals surface area (Å²) >= 11 is 0. The second-order valence-electron chi connectivity index (χ2n) is 6.96. The molecule has 0 saturated carbocycles. The molecule has 1 aliphatic heterocycles. The number of nitrogens with one attached hydrogen (secondary N) is 2. The lowest BCUT2D eigenvalue weighted by molar-refractivity contribution is 0.0258. The number of nitrogens with zero attached hydrogens (tertiary/aromatic N) is 4. The molecule has 1 aliphatic rings. The van der Waals surface area contributed by atoms with E-state index in [0.717, 1.165) is 56.6 Å². The van der Waals surface area contributed by atoms with Gasteiger partial charge >= 0.3 is 0 Å². The normalized spacial score (nSPS) is 18.7. The van der Waals surface area contributed by atoms with Crippen molar-refractivity contribution in [3.05, 3.63) is 11.6 Å². The van der Waals surface area contributed by atoms with Crippen molar-refractivity contribution in [2.24, 2.45) is 10.9 Å². The van der Waals surface area contributed by atoms with Gasteiger partial charge in [0.05, 0.1) is 12.6 Å². The number of fused-ring (bicyclic) bond motifs is 1. The zero-order valence-electron chi connectivity index (χ0n) is 16.8. The van der Waals surface area contributed by atoms with Gasteiger partial charge in [0.15, 0.2) is 11.8 Å². The first-order valence-electron chi connectivity index (χ1n) is 9.57. The molecule has 148 valence electrons. The highest BCUT2D eigenvalue weighted by atomic mass is 16.5. The highest BCUT2D eigenvalue weighted by Gasteiger charge is 2.22. The van der Waals surface area contributed by atoms with Crippen LogP contribution in [-0.2, 0) is 29.0 Å². The minimum absolute atomic E-state index is 0.275. The van der Waals surface area contributed by atoms with E-state index in [4.69, 9.17) is 9.47 Å². The van der Waals surface area contributed by atoms with Crippen molar-refractivity contribution in [1.82, 2.24) is 25.4 Å². The van der Waals surface area contributed by atoms with Gasteiger partial charge in [-0.1, -0.05) is 13.8 Å². The molecule has 1 aromatic rings. The molecule has 0 bridgehead atoms. The van der Waals surface area contributed by atoms with Crippen molar-refractivity contribution < 1.29 is 9.47 Å². The Labute approximate surface area is 156 Å². The van der Waals surface area contributed by atoms with Gasteiger partial charge in [-0.2, -0.15) is 5.10 Å². The number of aryl methyl sites for hydroxylation is 1. The predicted molar refractivity (Wildman–Crippen MR) is 102 cm³/mol. The van der Waals surface area contributed by atoms with Crippen LogP contribution in [0.25, 0.3) is 0 Å². The minimum Gasteiger partial charge on any atom is -0.378 e. The molecule has 0 aliphatic carbocycles. The molecule has 0 amide bonds. The van der Waals surface area contributed by atoms with E-state index >= 15 is 0 Å². The summed E-state index contributed by atoms with van der Waals surface area (Å²) in [5.41, 5.74) is 0. The van der Waals surface area contributed by atoms with Crippen molar-refractivity contribution in [1.29, 1.82) is 0 Å². The maximum absolute atomic E-state index is 5.80. The number of hydrogen-bond acceptors (Lipinski definition) is 5. The van der Waals surface area contributed by atoms with E-state index in [1.807, 2.05) is 11.6 Å². The van der Waals surface area contributed by atoms with Crippen LogP contribution >= 0.6 is 0 Å². The highest BCUT2D eigenvalue weighted by molar-refractivity contribution is 5.79. The predicted octanol–water partition coefficient (Wildman–Crippen LogP) is 1.36. The Bertz CT molecular complexity index is 572. The molecule has 2 N–H and O–H groups in total. The third-order valence-corrected chi connectivity index (χ3v) is 4.59. The zero-order chi connectivity index (χ0) is 18.9. The van der Waals surface area contributed by atoms with Crippen molar-refractivity contribution in [2.75, 3.05) is 27.3 Å². The summed E-state index contributed by atoms with van der Waals surface area (Å²) in [6.07, 6.45) is 3.16. The lowest BCUT2D eigenvalue weighted by Crippen LogP contribution is -2.47. The Morgan fingerprint density at radius 2 is 2.23 bits per heavy atom. The summed E-state index contributed by atoms with van der Waals surface area (Å²) in [4.78, 5) is 8.87. The Morgan fingerprint density at radius 3 is 2.88 bits per heavy atom. The number of ether oxygens (including phenoxy) is 2. The van der Waals surface area contributed by atoms with E-state index in [1.54, 1.807) is 14.2 Å². The van der Waals surface area contributed by atoms with E-state index in [9.17, 15) is 0 Å². The largest absolute Gasteiger partial charge is 0.378 e. The van der Waals surface area contributed by atoms with Crippen LogP contribution in [0.15, 0.2) is 4.99 Å². The van der Waals surface area contributed by atoms with Crippen LogP contribution in [0, 0.1) is 5.92 Å². The van der Waals surface area contributed by atoms with Crippen LogP contribution in [0.1, 0.15) is 45.3 Å². The van der Waals surface area contributed by atoms with Crippen LogP contribution in [0.5, 0.6) is 0 Å². The third-order valence-electron chi connectivity index (χ3n) is 4.59. The summed E-state index contributed by atoms with van der Waals surface area (Å²) in [7, 11) is 3.47. The summed E-state index contributed by atoms with van der Waals surface area (Å²) in [5, 5.41) is 11.4. The Hall–Kier alpha value is -1.67. The molecule has 0 saturated heterocycles. The molecule has 8 heteroatoms. The summed E-state index contributed by atoms with van der Waals surface area (Å²) < 4.78 is 12.9. The van der Waals surface area contributed by atoms with Crippen molar-refractivity contribution >= 4 is 5.96 Å². The second-order valence-corrected chi connectivity index (χ2v) is 6.96. The number of aromatic nitrogens is 3. The molecule has 2 atom stereocenters. The van der Waals surface area contributed by atoms with Gasteiger partial charge in [0.2, 0.25) is 0 Å². The number of guanidine groups is 1. The van der Waals surface area contributed by atoms with E-state index in [-0.39, 0.29) is 6.10 Å². The number of methoxy groups -OCH3 is 1. The van der Waals surface area contributed by atoms with Crippen molar-refractivity contribution in [3.63, 3.8) is 0 Å². The van der Waals surface area contributed by atoms with E-state index < -0.39 is 0 Å². The quantitative estimate of drug-likeness (QED) is 0.507. The van der Waals surface area contributed by atoms with E-state index in [1.165, 1.54) is 0 Å². The van der Waals surface area contributed by atoms with Gasteiger partial charge in [-0.05, 0) is 25.7 Å². The standard InChI is InChI=1S/C18H34N6O2/c1-6-26-15(13(2)3)9-10-20-18(19-4)21-14-7-8-17-22-16(12-25-5)23-24(17)11-14/h13-15H,6-12H2,1-5H3,(H2,19,20,21). The van der Waals surface area contributed by atoms with Gasteiger partial charge in [-0.3, -0.25) is 4.99 Å². The molecule has 1 aromatic heterocycles. The molecular formula is C18H34N6O2. The maximum atomic E-state index is 5.80. The second kappa shape index (κ2) is 10.5. The average molecular weight is 367 g/mol. The Morgan fingerprint density at radius 1 is 1.42 bits per heavy atom. The first kappa shape index (κ1) is 20.6. The van der Waals surface area contributed by atoms with E-state index in [2.05, 4.69) is 39.6 Å².